The quantitative estimate of drug-likeness (QED) is 0.625. The second-order valence-electron chi connectivity index (χ2n) is 5.46. The molecule has 0 aromatic heterocycles. The van der Waals surface area contributed by atoms with E-state index in [1.807, 2.05) is 13.8 Å². The highest BCUT2D eigenvalue weighted by atomic mass is 16.3. The predicted octanol–water partition coefficient (Wildman–Crippen LogP) is 0.653. The van der Waals surface area contributed by atoms with E-state index in [0.717, 1.165) is 0 Å². The third kappa shape index (κ3) is 4.94. The van der Waals surface area contributed by atoms with Crippen LogP contribution in [0.15, 0.2) is 0 Å². The minimum absolute atomic E-state index is 0.0217. The zero-order valence-corrected chi connectivity index (χ0v) is 10.4. The molecule has 0 aromatic rings. The summed E-state index contributed by atoms with van der Waals surface area (Å²) in [5.74, 6) is 0.0217. The summed E-state index contributed by atoms with van der Waals surface area (Å²) in [4.78, 5) is 11.5. The molecule has 4 nitrogen and oxygen atoms in total. The number of amides is 1. The maximum Gasteiger partial charge on any atom is 0.233 e. The molecule has 0 heterocycles. The molecule has 0 atom stereocenters. The highest BCUT2D eigenvalue weighted by Gasteiger charge is 2.18. The van der Waals surface area contributed by atoms with Crippen LogP contribution in [0.3, 0.4) is 0 Å². The van der Waals surface area contributed by atoms with E-state index in [4.69, 9.17) is 5.11 Å². The number of hydrogen-bond donors (Lipinski definition) is 3. The number of carbonyl (C=O) groups is 1. The summed E-state index contributed by atoms with van der Waals surface area (Å²) in [5, 5.41) is 15.1. The Kier molecular flexibility index (Phi) is 5.22. The van der Waals surface area contributed by atoms with Crippen molar-refractivity contribution in [3.05, 3.63) is 0 Å². The lowest BCUT2D eigenvalue weighted by molar-refractivity contribution is -0.120. The van der Waals surface area contributed by atoms with Crippen LogP contribution in [0.5, 0.6) is 0 Å². The highest BCUT2D eigenvalue weighted by molar-refractivity contribution is 5.78. The van der Waals surface area contributed by atoms with E-state index in [1.54, 1.807) is 0 Å². The number of rotatable bonds is 6. The van der Waals surface area contributed by atoms with E-state index in [2.05, 4.69) is 10.6 Å². The molecule has 0 spiro atoms. The first-order chi connectivity index (χ1) is 7.53. The molecule has 1 saturated carbocycles. The van der Waals surface area contributed by atoms with Crippen molar-refractivity contribution in [2.24, 2.45) is 5.41 Å². The van der Waals surface area contributed by atoms with Gasteiger partial charge in [-0.15, -0.1) is 0 Å². The van der Waals surface area contributed by atoms with Crippen molar-refractivity contribution >= 4 is 5.91 Å². The van der Waals surface area contributed by atoms with Crippen molar-refractivity contribution in [2.45, 2.75) is 45.6 Å². The summed E-state index contributed by atoms with van der Waals surface area (Å²) in [7, 11) is 0. The fourth-order valence-electron chi connectivity index (χ4n) is 1.82. The molecule has 1 aliphatic rings. The lowest BCUT2D eigenvalue weighted by atomic mass is 9.95. The van der Waals surface area contributed by atoms with Crippen LogP contribution >= 0.6 is 0 Å². The van der Waals surface area contributed by atoms with Gasteiger partial charge in [0.2, 0.25) is 5.91 Å². The van der Waals surface area contributed by atoms with Crippen LogP contribution in [-0.2, 0) is 4.79 Å². The first-order valence-corrected chi connectivity index (χ1v) is 6.14. The Balaban J connectivity index is 2.10. The molecule has 0 saturated heterocycles. The molecule has 94 valence electrons. The summed E-state index contributed by atoms with van der Waals surface area (Å²) in [5.41, 5.74) is -0.233. The van der Waals surface area contributed by atoms with Gasteiger partial charge in [-0.05, 0) is 12.8 Å². The highest BCUT2D eigenvalue weighted by Crippen LogP contribution is 2.17. The molecule has 4 heteroatoms. The maximum absolute atomic E-state index is 11.5. The molecular weight excluding hydrogens is 204 g/mol. The molecule has 0 unspecified atom stereocenters. The summed E-state index contributed by atoms with van der Waals surface area (Å²) >= 11 is 0. The van der Waals surface area contributed by atoms with Gasteiger partial charge in [0.05, 0.1) is 6.54 Å². The average molecular weight is 228 g/mol. The summed E-state index contributed by atoms with van der Waals surface area (Å²) in [6, 6.07) is 0.525. The van der Waals surface area contributed by atoms with Crippen LogP contribution in [0.4, 0.5) is 0 Å². The van der Waals surface area contributed by atoms with Gasteiger partial charge in [-0.3, -0.25) is 4.79 Å². The Labute approximate surface area is 97.8 Å². The molecule has 1 aliphatic carbocycles. The van der Waals surface area contributed by atoms with E-state index < -0.39 is 0 Å². The Morgan fingerprint density at radius 1 is 1.38 bits per heavy atom. The molecule has 0 radical (unpaired) electrons. The zero-order valence-electron chi connectivity index (χ0n) is 10.4. The van der Waals surface area contributed by atoms with E-state index in [-0.39, 0.29) is 17.9 Å². The normalized spacial score (nSPS) is 17.7. The molecule has 3 N–H and O–H groups in total. The second kappa shape index (κ2) is 6.21. The number of carbonyl (C=O) groups excluding carboxylic acids is 1. The minimum atomic E-state index is -0.233. The van der Waals surface area contributed by atoms with Gasteiger partial charge in [-0.1, -0.05) is 26.7 Å². The van der Waals surface area contributed by atoms with E-state index >= 15 is 0 Å². The van der Waals surface area contributed by atoms with Crippen molar-refractivity contribution < 1.29 is 9.90 Å². The number of aliphatic hydroxyl groups is 1. The standard InChI is InChI=1S/C12H24N2O2/c1-12(2,9-15)8-14-11(16)7-13-10-5-3-4-6-10/h10,13,15H,3-9H2,1-2H3,(H,14,16). The predicted molar refractivity (Wildman–Crippen MR) is 64.1 cm³/mol. The van der Waals surface area contributed by atoms with Crippen molar-refractivity contribution in [3.63, 3.8) is 0 Å². The number of hydrogen-bond acceptors (Lipinski definition) is 3. The lowest BCUT2D eigenvalue weighted by Gasteiger charge is -2.22. The fourth-order valence-corrected chi connectivity index (χ4v) is 1.82. The van der Waals surface area contributed by atoms with Gasteiger partial charge in [0.1, 0.15) is 0 Å². The molecule has 0 aromatic carbocycles. The fraction of sp³-hybridized carbons (Fsp3) is 0.917. The third-order valence-electron chi connectivity index (χ3n) is 3.10. The van der Waals surface area contributed by atoms with Gasteiger partial charge in [0.15, 0.2) is 0 Å². The smallest absolute Gasteiger partial charge is 0.233 e. The van der Waals surface area contributed by atoms with E-state index in [0.29, 0.717) is 19.1 Å². The van der Waals surface area contributed by atoms with Crippen molar-refractivity contribution in [3.8, 4) is 0 Å². The van der Waals surface area contributed by atoms with Gasteiger partial charge >= 0.3 is 0 Å². The first-order valence-electron chi connectivity index (χ1n) is 6.14. The van der Waals surface area contributed by atoms with Crippen LogP contribution in [0.2, 0.25) is 0 Å². The zero-order chi connectivity index (χ0) is 12.0. The number of nitrogens with one attached hydrogen (secondary N) is 2. The summed E-state index contributed by atoms with van der Waals surface area (Å²) in [6.07, 6.45) is 4.93. The third-order valence-corrected chi connectivity index (χ3v) is 3.10. The monoisotopic (exact) mass is 228 g/mol. The minimum Gasteiger partial charge on any atom is -0.396 e. The molecule has 1 fully saturated rings. The van der Waals surface area contributed by atoms with Crippen molar-refractivity contribution in [1.29, 1.82) is 0 Å². The van der Waals surface area contributed by atoms with Gasteiger partial charge in [-0.2, -0.15) is 0 Å². The summed E-state index contributed by atoms with van der Waals surface area (Å²) < 4.78 is 0. The van der Waals surface area contributed by atoms with E-state index in [1.165, 1.54) is 25.7 Å². The maximum atomic E-state index is 11.5. The van der Waals surface area contributed by atoms with Gasteiger partial charge < -0.3 is 15.7 Å². The molecule has 1 rings (SSSR count). The first kappa shape index (κ1) is 13.5. The Morgan fingerprint density at radius 2 is 2.00 bits per heavy atom. The van der Waals surface area contributed by atoms with Crippen LogP contribution < -0.4 is 10.6 Å². The largest absolute Gasteiger partial charge is 0.396 e. The van der Waals surface area contributed by atoms with Crippen LogP contribution in [0.1, 0.15) is 39.5 Å². The van der Waals surface area contributed by atoms with Gasteiger partial charge in [0.25, 0.3) is 0 Å². The Bertz CT molecular complexity index is 223. The molecule has 0 bridgehead atoms. The van der Waals surface area contributed by atoms with Crippen LogP contribution in [0, 0.1) is 5.41 Å². The second-order valence-corrected chi connectivity index (χ2v) is 5.46. The summed E-state index contributed by atoms with van der Waals surface area (Å²) in [6.45, 7) is 4.86. The lowest BCUT2D eigenvalue weighted by Crippen LogP contribution is -2.42. The van der Waals surface area contributed by atoms with Crippen molar-refractivity contribution in [2.75, 3.05) is 19.7 Å². The van der Waals surface area contributed by atoms with Crippen LogP contribution in [-0.4, -0.2) is 36.8 Å². The Morgan fingerprint density at radius 3 is 2.56 bits per heavy atom. The molecular formula is C12H24N2O2. The molecule has 1 amide bonds. The topological polar surface area (TPSA) is 61.4 Å². The molecule has 0 aliphatic heterocycles. The van der Waals surface area contributed by atoms with Crippen LogP contribution in [0.25, 0.3) is 0 Å². The SMILES string of the molecule is CC(C)(CO)CNC(=O)CNC1CCCC1. The average Bonchev–Trinajstić information content (AvgIpc) is 2.76. The van der Waals surface area contributed by atoms with Gasteiger partial charge in [-0.25, -0.2) is 0 Å². The number of aliphatic hydroxyl groups excluding tert-OH is 1. The van der Waals surface area contributed by atoms with Gasteiger partial charge in [0, 0.05) is 24.6 Å². The van der Waals surface area contributed by atoms with Crippen molar-refractivity contribution in [1.82, 2.24) is 10.6 Å². The molecule has 16 heavy (non-hydrogen) atoms. The Hall–Kier alpha value is -0.610. The van der Waals surface area contributed by atoms with E-state index in [9.17, 15) is 4.79 Å².